The van der Waals surface area contributed by atoms with Crippen molar-refractivity contribution in [3.8, 4) is 11.5 Å². The number of carbonyl (C=O) groups is 2. The lowest BCUT2D eigenvalue weighted by Gasteiger charge is -2.35. The van der Waals surface area contributed by atoms with Crippen LogP contribution < -0.4 is 19.3 Å². The molecule has 4 heterocycles. The molecule has 0 saturated heterocycles. The highest BCUT2D eigenvalue weighted by Crippen LogP contribution is 2.54. The van der Waals surface area contributed by atoms with E-state index in [4.69, 9.17) is 32.7 Å². The summed E-state index contributed by atoms with van der Waals surface area (Å²) in [7, 11) is 2.60. The van der Waals surface area contributed by atoms with Crippen LogP contribution in [0.1, 0.15) is 46.2 Å². The summed E-state index contributed by atoms with van der Waals surface area (Å²) in [5.74, 6) is -4.22. The molecule has 8 nitrogen and oxygen atoms in total. The molecule has 1 aliphatic carbocycles. The van der Waals surface area contributed by atoms with Crippen LogP contribution in [0.25, 0.3) is 0 Å². The van der Waals surface area contributed by atoms with E-state index < -0.39 is 40.3 Å². The fourth-order valence-electron chi connectivity index (χ4n) is 6.18. The van der Waals surface area contributed by atoms with Crippen LogP contribution in [0.4, 0.5) is 28.9 Å². The number of rotatable bonds is 4. The highest BCUT2D eigenvalue weighted by atomic mass is 35.5. The van der Waals surface area contributed by atoms with Gasteiger partial charge in [0.1, 0.15) is 21.7 Å². The average molecular weight is 704 g/mol. The van der Waals surface area contributed by atoms with E-state index in [-0.39, 0.29) is 58.9 Å². The van der Waals surface area contributed by atoms with Gasteiger partial charge in [-0.2, -0.15) is 0 Å². The predicted molar refractivity (Wildman–Crippen MR) is 171 cm³/mol. The molecule has 14 heteroatoms. The van der Waals surface area contributed by atoms with Crippen molar-refractivity contribution in [2.75, 3.05) is 24.0 Å². The number of aromatic nitrogens is 2. The summed E-state index contributed by atoms with van der Waals surface area (Å²) in [6.45, 7) is 3.07. The maximum atomic E-state index is 14.8. The van der Waals surface area contributed by atoms with Crippen molar-refractivity contribution in [3.63, 3.8) is 0 Å². The van der Waals surface area contributed by atoms with Gasteiger partial charge >= 0.3 is 0 Å². The van der Waals surface area contributed by atoms with Gasteiger partial charge in [0, 0.05) is 12.4 Å². The number of ether oxygens (including phenoxy) is 2. The molecule has 2 amide bonds. The summed E-state index contributed by atoms with van der Waals surface area (Å²) in [6.07, 6.45) is 4.34. The van der Waals surface area contributed by atoms with Gasteiger partial charge in [0.2, 0.25) is 11.8 Å². The molecule has 0 bridgehead atoms. The van der Waals surface area contributed by atoms with Gasteiger partial charge in [-0.3, -0.25) is 9.59 Å². The number of fused-ring (bicyclic) bond motifs is 3. The van der Waals surface area contributed by atoms with E-state index in [1.807, 2.05) is 0 Å². The van der Waals surface area contributed by atoms with Crippen molar-refractivity contribution in [2.45, 2.75) is 51.6 Å². The first-order valence-corrected chi connectivity index (χ1v) is 15.5. The Balaban J connectivity index is 0.000000168. The van der Waals surface area contributed by atoms with Crippen LogP contribution in [0.5, 0.6) is 11.5 Å². The molecule has 0 radical (unpaired) electrons. The van der Waals surface area contributed by atoms with E-state index in [1.54, 1.807) is 18.3 Å². The second-order valence-electron chi connectivity index (χ2n) is 11.8. The van der Waals surface area contributed by atoms with Crippen molar-refractivity contribution in [1.82, 2.24) is 9.97 Å². The number of amides is 2. The summed E-state index contributed by atoms with van der Waals surface area (Å²) >= 11 is 11.8. The molecule has 2 aliphatic heterocycles. The first kappa shape index (κ1) is 33.5. The molecule has 1 spiro atoms. The van der Waals surface area contributed by atoms with E-state index in [0.717, 1.165) is 16.0 Å². The normalized spacial score (nSPS) is 15.9. The quantitative estimate of drug-likeness (QED) is 0.164. The Bertz CT molecular complexity index is 2010. The van der Waals surface area contributed by atoms with Crippen molar-refractivity contribution in [2.24, 2.45) is 0 Å². The summed E-state index contributed by atoms with van der Waals surface area (Å²) in [5, 5.41) is 0.584. The second-order valence-corrected chi connectivity index (χ2v) is 12.6. The van der Waals surface area contributed by atoms with E-state index in [0.29, 0.717) is 29.1 Å². The van der Waals surface area contributed by atoms with Gasteiger partial charge in [0.15, 0.2) is 34.8 Å². The first-order valence-electron chi connectivity index (χ1n) is 14.8. The average Bonchev–Trinajstić information content (AvgIpc) is 3.86. The zero-order valence-corrected chi connectivity index (χ0v) is 27.7. The number of anilines is 2. The number of methoxy groups -OCH3 is 2. The Morgan fingerprint density at radius 2 is 1.21 bits per heavy atom. The van der Waals surface area contributed by atoms with Crippen LogP contribution in [0, 0.1) is 37.1 Å². The summed E-state index contributed by atoms with van der Waals surface area (Å²) in [6, 6.07) is 5.82. The third kappa shape index (κ3) is 5.60. The Labute approximate surface area is 283 Å². The summed E-state index contributed by atoms with van der Waals surface area (Å²) < 4.78 is 68.4. The van der Waals surface area contributed by atoms with Crippen molar-refractivity contribution >= 4 is 46.4 Å². The Kier molecular flexibility index (Phi) is 8.76. The summed E-state index contributed by atoms with van der Waals surface area (Å²) in [5.41, 5.74) is 1.88. The lowest BCUT2D eigenvalue weighted by molar-refractivity contribution is -0.121. The standard InChI is InChI=1S/C18H15ClF2N2O2.C16H13ClF2N2O2/c1-9-5-12(25-2)15(21)16(14(9)20)23-8-10-7-22-13(19)6-11(10)18(3-4-18)17(23)24;1-8-3-11(23-2)15(19)16(14(8)18)21-7-10-6-20-12(17)4-9(10)5-13(21)22/h5-7H,3-4,8H2,1-2H3;3-4,6H,5,7H2,1-2H3. The van der Waals surface area contributed by atoms with E-state index >= 15 is 0 Å². The third-order valence-corrected chi connectivity index (χ3v) is 9.27. The Hall–Kier alpha value is -4.42. The molecule has 3 aliphatic rings. The van der Waals surface area contributed by atoms with Crippen molar-refractivity contribution in [3.05, 3.63) is 104 Å². The van der Waals surface area contributed by atoms with Crippen LogP contribution in [-0.2, 0) is 34.5 Å². The number of carbonyl (C=O) groups excluding carboxylic acids is 2. The van der Waals surface area contributed by atoms with Gasteiger partial charge in [-0.25, -0.2) is 27.5 Å². The molecule has 4 aromatic rings. The monoisotopic (exact) mass is 702 g/mol. The maximum absolute atomic E-state index is 14.8. The smallest absolute Gasteiger partial charge is 0.238 e. The Morgan fingerprint density at radius 1 is 0.708 bits per heavy atom. The molecule has 1 fully saturated rings. The van der Waals surface area contributed by atoms with E-state index in [2.05, 4.69) is 9.97 Å². The summed E-state index contributed by atoms with van der Waals surface area (Å²) in [4.78, 5) is 35.7. The molecule has 0 unspecified atom stereocenters. The van der Waals surface area contributed by atoms with Gasteiger partial charge in [0.05, 0.1) is 39.1 Å². The SMILES string of the molecule is COc1cc(C)c(F)c(N2Cc3cnc(Cl)cc3C3(CC3)C2=O)c1F.COc1cc(C)c(F)c(N2Cc3cnc(Cl)cc3CC2=O)c1F. The number of halogens is 6. The Morgan fingerprint density at radius 3 is 1.75 bits per heavy atom. The topological polar surface area (TPSA) is 84.9 Å². The van der Waals surface area contributed by atoms with Crippen LogP contribution >= 0.6 is 23.2 Å². The lowest BCUT2D eigenvalue weighted by Crippen LogP contribution is -2.45. The molecule has 1 saturated carbocycles. The molecule has 0 N–H and O–H groups in total. The third-order valence-electron chi connectivity index (χ3n) is 8.85. The number of aryl methyl sites for hydroxylation is 2. The van der Waals surface area contributed by atoms with Gasteiger partial charge in [0.25, 0.3) is 0 Å². The molecule has 2 aromatic heterocycles. The minimum absolute atomic E-state index is 0.00666. The number of hydrogen-bond donors (Lipinski definition) is 0. The largest absolute Gasteiger partial charge is 0.494 e. The zero-order chi connectivity index (χ0) is 34.7. The van der Waals surface area contributed by atoms with Crippen LogP contribution in [0.15, 0.2) is 36.7 Å². The van der Waals surface area contributed by atoms with Gasteiger partial charge in [-0.1, -0.05) is 23.2 Å². The molecular formula is C34H28Cl2F4N4O4. The fraction of sp³-hybridized carbons (Fsp3) is 0.294. The fourth-order valence-corrected chi connectivity index (χ4v) is 6.51. The molecule has 2 aromatic carbocycles. The van der Waals surface area contributed by atoms with Gasteiger partial charge in [-0.05, 0) is 84.3 Å². The number of hydrogen-bond acceptors (Lipinski definition) is 6. The van der Waals surface area contributed by atoms with Crippen LogP contribution in [-0.4, -0.2) is 36.0 Å². The van der Waals surface area contributed by atoms with Crippen LogP contribution in [0.2, 0.25) is 10.3 Å². The first-order chi connectivity index (χ1) is 22.8. The highest BCUT2D eigenvalue weighted by Gasteiger charge is 2.57. The molecule has 0 atom stereocenters. The predicted octanol–water partition coefficient (Wildman–Crippen LogP) is 7.33. The van der Waals surface area contributed by atoms with Gasteiger partial charge < -0.3 is 19.3 Å². The van der Waals surface area contributed by atoms with Crippen molar-refractivity contribution < 1.29 is 36.6 Å². The van der Waals surface area contributed by atoms with Crippen LogP contribution in [0.3, 0.4) is 0 Å². The van der Waals surface area contributed by atoms with Gasteiger partial charge in [-0.15, -0.1) is 0 Å². The molecular weight excluding hydrogens is 675 g/mol. The highest BCUT2D eigenvalue weighted by molar-refractivity contribution is 6.29. The number of nitrogens with zero attached hydrogens (tertiary/aromatic N) is 4. The number of benzene rings is 2. The zero-order valence-electron chi connectivity index (χ0n) is 26.2. The van der Waals surface area contributed by atoms with E-state index in [9.17, 15) is 27.2 Å². The molecule has 250 valence electrons. The number of pyridine rings is 2. The maximum Gasteiger partial charge on any atom is 0.238 e. The molecule has 48 heavy (non-hydrogen) atoms. The van der Waals surface area contributed by atoms with Crippen molar-refractivity contribution in [1.29, 1.82) is 0 Å². The molecule has 7 rings (SSSR count). The van der Waals surface area contributed by atoms with E-state index in [1.165, 1.54) is 51.3 Å². The minimum Gasteiger partial charge on any atom is -0.494 e. The lowest BCUT2D eigenvalue weighted by atomic mass is 9.87. The minimum atomic E-state index is -0.894. The second kappa shape index (κ2) is 12.6.